The molecule has 1 aliphatic rings. The van der Waals surface area contributed by atoms with Crippen molar-refractivity contribution in [3.8, 4) is 0 Å². The Morgan fingerprint density at radius 2 is 1.96 bits per heavy atom. The maximum atomic E-state index is 12.9. The van der Waals surface area contributed by atoms with E-state index in [4.69, 9.17) is 16.3 Å². The highest BCUT2D eigenvalue weighted by Crippen LogP contribution is 2.31. The summed E-state index contributed by atoms with van der Waals surface area (Å²) in [6.45, 7) is 0.488. The molecule has 0 spiro atoms. The van der Waals surface area contributed by atoms with Crippen LogP contribution >= 0.6 is 22.9 Å². The highest BCUT2D eigenvalue weighted by Gasteiger charge is 2.28. The monoisotopic (exact) mass is 411 g/mol. The molecule has 28 heavy (non-hydrogen) atoms. The van der Waals surface area contributed by atoms with Crippen molar-refractivity contribution in [3.63, 3.8) is 0 Å². The fourth-order valence-electron chi connectivity index (χ4n) is 3.35. The van der Waals surface area contributed by atoms with Gasteiger partial charge in [0.25, 0.3) is 5.91 Å². The van der Waals surface area contributed by atoms with E-state index in [9.17, 15) is 9.59 Å². The number of carbonyl (C=O) groups is 2. The molecule has 142 valence electrons. The summed E-state index contributed by atoms with van der Waals surface area (Å²) in [6.07, 6.45) is 0.216. The van der Waals surface area contributed by atoms with E-state index in [2.05, 4.69) is 0 Å². The number of fused-ring (bicyclic) bond motifs is 1. The van der Waals surface area contributed by atoms with Gasteiger partial charge in [0.2, 0.25) is 0 Å². The van der Waals surface area contributed by atoms with Crippen LogP contribution in [0.25, 0.3) is 0 Å². The van der Waals surface area contributed by atoms with Crippen LogP contribution in [0, 0.1) is 0 Å². The fourth-order valence-corrected chi connectivity index (χ4v) is 4.49. The van der Waals surface area contributed by atoms with Gasteiger partial charge in [-0.1, -0.05) is 41.9 Å². The molecule has 0 radical (unpaired) electrons. The predicted molar refractivity (Wildman–Crippen MR) is 110 cm³/mol. The van der Waals surface area contributed by atoms with Gasteiger partial charge >= 0.3 is 5.97 Å². The van der Waals surface area contributed by atoms with Gasteiger partial charge in [-0.25, -0.2) is 4.79 Å². The van der Waals surface area contributed by atoms with Crippen molar-refractivity contribution in [3.05, 3.63) is 92.1 Å². The third kappa shape index (κ3) is 3.81. The topological polar surface area (TPSA) is 46.6 Å². The Hall–Kier alpha value is -2.63. The number of hydrogen-bond acceptors (Lipinski definition) is 4. The molecule has 0 fully saturated rings. The SMILES string of the molecule is CN(Cc1ccc(Cl)s1)C(=O)c1ccc2c(c1)C[C@H](c1ccccc1)OC2=O. The van der Waals surface area contributed by atoms with E-state index in [0.717, 1.165) is 16.0 Å². The number of rotatable bonds is 4. The lowest BCUT2D eigenvalue weighted by Gasteiger charge is -2.26. The average Bonchev–Trinajstić information content (AvgIpc) is 3.12. The molecule has 6 heteroatoms. The lowest BCUT2D eigenvalue weighted by atomic mass is 9.93. The number of benzene rings is 2. The number of esters is 1. The zero-order valence-corrected chi connectivity index (χ0v) is 16.8. The molecule has 0 unspecified atom stereocenters. The van der Waals surface area contributed by atoms with Crippen LogP contribution < -0.4 is 0 Å². The summed E-state index contributed by atoms with van der Waals surface area (Å²) in [5, 5.41) is 0. The van der Waals surface area contributed by atoms with Gasteiger partial charge in [-0.05, 0) is 41.5 Å². The molecule has 4 rings (SSSR count). The minimum atomic E-state index is -0.351. The van der Waals surface area contributed by atoms with E-state index in [1.807, 2.05) is 48.5 Å². The number of carbonyl (C=O) groups excluding carboxylic acids is 2. The quantitative estimate of drug-likeness (QED) is 0.559. The molecule has 3 aromatic rings. The molecule has 0 saturated heterocycles. The first-order chi connectivity index (χ1) is 13.5. The van der Waals surface area contributed by atoms with Crippen molar-refractivity contribution < 1.29 is 14.3 Å². The van der Waals surface area contributed by atoms with Gasteiger partial charge in [0.1, 0.15) is 6.10 Å². The molecule has 0 N–H and O–H groups in total. The van der Waals surface area contributed by atoms with Crippen LogP contribution in [0.3, 0.4) is 0 Å². The van der Waals surface area contributed by atoms with Gasteiger partial charge < -0.3 is 9.64 Å². The van der Waals surface area contributed by atoms with Crippen molar-refractivity contribution >= 4 is 34.8 Å². The van der Waals surface area contributed by atoms with E-state index < -0.39 is 0 Å². The lowest BCUT2D eigenvalue weighted by molar-refractivity contribution is 0.0252. The van der Waals surface area contributed by atoms with Gasteiger partial charge in [0, 0.05) is 23.9 Å². The maximum Gasteiger partial charge on any atom is 0.339 e. The third-order valence-electron chi connectivity index (χ3n) is 4.77. The van der Waals surface area contributed by atoms with E-state index in [0.29, 0.717) is 28.4 Å². The number of ether oxygens (including phenoxy) is 1. The predicted octanol–water partition coefficient (Wildman–Crippen LogP) is 5.13. The Kier molecular flexibility index (Phi) is 5.20. The number of halogens is 1. The molecule has 1 aromatic heterocycles. The Balaban J connectivity index is 1.56. The van der Waals surface area contributed by atoms with Crippen LogP contribution in [-0.4, -0.2) is 23.8 Å². The second-order valence-electron chi connectivity index (χ2n) is 6.75. The van der Waals surface area contributed by atoms with Gasteiger partial charge in [-0.3, -0.25) is 4.79 Å². The number of thiophene rings is 1. The van der Waals surface area contributed by atoms with E-state index in [1.54, 1.807) is 24.1 Å². The molecule has 0 saturated carbocycles. The smallest absolute Gasteiger partial charge is 0.339 e. The van der Waals surface area contributed by atoms with Crippen molar-refractivity contribution in [2.45, 2.75) is 19.1 Å². The highest BCUT2D eigenvalue weighted by molar-refractivity contribution is 7.16. The van der Waals surface area contributed by atoms with E-state index >= 15 is 0 Å². The highest BCUT2D eigenvalue weighted by atomic mass is 35.5. The van der Waals surface area contributed by atoms with Crippen LogP contribution in [-0.2, 0) is 17.7 Å². The van der Waals surface area contributed by atoms with Gasteiger partial charge in [-0.15, -0.1) is 11.3 Å². The van der Waals surface area contributed by atoms with Crippen molar-refractivity contribution in [1.82, 2.24) is 4.90 Å². The number of nitrogens with zero attached hydrogens (tertiary/aromatic N) is 1. The summed E-state index contributed by atoms with van der Waals surface area (Å²) in [4.78, 5) is 27.9. The summed E-state index contributed by atoms with van der Waals surface area (Å²) in [5.41, 5.74) is 2.87. The second kappa shape index (κ2) is 7.78. The van der Waals surface area contributed by atoms with E-state index in [1.165, 1.54) is 11.3 Å². The Morgan fingerprint density at radius 3 is 2.68 bits per heavy atom. The van der Waals surface area contributed by atoms with E-state index in [-0.39, 0.29) is 18.0 Å². The molecule has 1 aliphatic heterocycles. The van der Waals surface area contributed by atoms with Crippen molar-refractivity contribution in [1.29, 1.82) is 0 Å². The second-order valence-corrected chi connectivity index (χ2v) is 8.55. The number of hydrogen-bond donors (Lipinski definition) is 0. The lowest BCUT2D eigenvalue weighted by Crippen LogP contribution is -2.27. The minimum absolute atomic E-state index is 0.0949. The molecular weight excluding hydrogens is 394 g/mol. The van der Waals surface area contributed by atoms with Crippen LogP contribution in [0.4, 0.5) is 0 Å². The number of cyclic esters (lactones) is 1. The van der Waals surface area contributed by atoms with Gasteiger partial charge in [0.05, 0.1) is 16.4 Å². The largest absolute Gasteiger partial charge is 0.454 e. The van der Waals surface area contributed by atoms with Crippen LogP contribution in [0.2, 0.25) is 4.34 Å². The zero-order valence-electron chi connectivity index (χ0n) is 15.2. The molecule has 2 aromatic carbocycles. The Morgan fingerprint density at radius 1 is 1.18 bits per heavy atom. The number of amides is 1. The fraction of sp³-hybridized carbons (Fsp3) is 0.182. The zero-order chi connectivity index (χ0) is 19.7. The molecular formula is C22H18ClNO3S. The first-order valence-corrected chi connectivity index (χ1v) is 10.1. The third-order valence-corrected chi connectivity index (χ3v) is 5.98. The summed E-state index contributed by atoms with van der Waals surface area (Å²) >= 11 is 7.43. The van der Waals surface area contributed by atoms with Gasteiger partial charge in [-0.2, -0.15) is 0 Å². The molecule has 0 bridgehead atoms. The molecule has 1 amide bonds. The summed E-state index contributed by atoms with van der Waals surface area (Å²) in [5.74, 6) is -0.446. The summed E-state index contributed by atoms with van der Waals surface area (Å²) < 4.78 is 6.29. The van der Waals surface area contributed by atoms with Crippen LogP contribution in [0.15, 0.2) is 60.7 Å². The summed E-state index contributed by atoms with van der Waals surface area (Å²) in [6, 6.07) is 18.6. The minimum Gasteiger partial charge on any atom is -0.454 e. The Labute approximate surface area is 172 Å². The van der Waals surface area contributed by atoms with Crippen molar-refractivity contribution in [2.75, 3.05) is 7.05 Å². The summed E-state index contributed by atoms with van der Waals surface area (Å²) in [7, 11) is 1.76. The van der Waals surface area contributed by atoms with Crippen molar-refractivity contribution in [2.24, 2.45) is 0 Å². The molecule has 4 nitrogen and oxygen atoms in total. The first-order valence-electron chi connectivity index (χ1n) is 8.90. The van der Waals surface area contributed by atoms with Crippen LogP contribution in [0.1, 0.15) is 42.8 Å². The first kappa shape index (κ1) is 18.7. The molecule has 2 heterocycles. The normalized spacial score (nSPS) is 15.6. The Bertz CT molecular complexity index is 1030. The average molecular weight is 412 g/mol. The standard InChI is InChI=1S/C22H18ClNO3S/c1-24(13-17-8-10-20(23)28-17)21(25)15-7-9-18-16(11-15)12-19(27-22(18)26)14-5-3-2-4-6-14/h2-11,19H,12-13H2,1H3/t19-/m1/s1. The molecule has 0 aliphatic carbocycles. The molecule has 1 atom stereocenters. The van der Waals surface area contributed by atoms with Crippen LogP contribution in [0.5, 0.6) is 0 Å². The maximum absolute atomic E-state index is 12.9. The van der Waals surface area contributed by atoms with Gasteiger partial charge in [0.15, 0.2) is 0 Å².